The molecule has 0 unspecified atom stereocenters. The molecule has 0 saturated carbocycles. The molecule has 0 fully saturated rings. The number of aromatic hydroxyl groups is 15. The predicted octanol–water partition coefficient (Wildman–Crippen LogP) is 10.2. The maximum atomic E-state index is 12.5. The molecule has 126 heavy (non-hydrogen) atoms. The maximum Gasteiger partial charge on any atom is 0.339 e. The van der Waals surface area contributed by atoms with Gasteiger partial charge in [-0.15, -0.1) is 0 Å². The quantitative estimate of drug-likeness (QED) is 0.0130. The van der Waals surface area contributed by atoms with E-state index in [4.69, 9.17) is 40.9 Å². The van der Waals surface area contributed by atoms with E-state index >= 15 is 0 Å². The van der Waals surface area contributed by atoms with Gasteiger partial charge in [0.05, 0.1) is 66.8 Å². The number of hydrogen-bond donors (Lipinski definition) is 23. The molecule has 0 aliphatic rings. The summed E-state index contributed by atoms with van der Waals surface area (Å²) in [7, 11) is 0. The molecule has 642 valence electrons. The Labute approximate surface area is 701 Å². The van der Waals surface area contributed by atoms with E-state index in [1.54, 1.807) is 0 Å². The Morgan fingerprint density at radius 2 is 0.444 bits per heavy atom. The third-order valence-electron chi connectivity index (χ3n) is 17.1. The number of carboxylic acid groups (broad SMARTS) is 8. The maximum absolute atomic E-state index is 12.5. The standard InChI is InChI=1S/3C15H10O7.3C14H10O6/c16-7-5-10(15(21)22)12(11(17)6-7)13(18)8-3-1-2-4-9(8)14(19)20;16-11-6-12(17)10(15(21)22)5-9(11)13(18)7-3-1-2-4-8(7)14(19)20;16-7-22-14-11(17)6-5-10(13(14)19)12(18)8-3-1-2-4-9(8)15(20)21;15-7-5-10(16)12(11(17)6-7)13(18)8-3-1-2-4-9(8)14(19)20;15-10-6-12(17)11(16)5-9(10)13(18)7-3-1-2-4-8(7)14(19)20;15-10-6-5-9(12(17)13(10)18)11(16)7-3-1-2-4-8(7)14(19)20/h2*1-6,16-17H,(H,19,20)(H,21,22);1-7,17,19H,(H,20,21);2*1-6,15-17H,(H,19,20);1-6,15,17-18H,(H,19,20). The first kappa shape index (κ1) is 94.0. The minimum absolute atomic E-state index is 0.0196. The SMILES string of the molecule is O=C(O)c1cc(C(=O)c2ccccc2C(=O)O)c(O)cc1O.O=C(O)c1ccccc1C(=O)c1c(O)cc(O)cc1C(=O)O.O=C(O)c1ccccc1C(=O)c1c(O)cc(O)cc1O.O=C(O)c1ccccc1C(=O)c1cc(O)c(O)cc1O.O=C(O)c1ccccc1C(=O)c1ccc(O)c(O)c1O.O=COc1c(O)ccc(C(=O)c2ccccc2C(=O)O)c1O. The number of aromatic carboxylic acids is 8. The second kappa shape index (κ2) is 40.8. The predicted molar refractivity (Wildman–Crippen MR) is 425 cm³/mol. The molecular formula is C87H60O39. The summed E-state index contributed by atoms with van der Waals surface area (Å²) in [6.07, 6.45) is 0. The summed E-state index contributed by atoms with van der Waals surface area (Å²) in [5.74, 6) is -26.0. The lowest BCUT2D eigenvalue weighted by Gasteiger charge is -2.10. The molecule has 39 nitrogen and oxygen atoms in total. The second-order valence-electron chi connectivity index (χ2n) is 25.0. The van der Waals surface area contributed by atoms with E-state index in [1.165, 1.54) is 146 Å². The molecule has 23 N–H and O–H groups in total. The van der Waals surface area contributed by atoms with Crippen molar-refractivity contribution in [2.24, 2.45) is 0 Å². The summed E-state index contributed by atoms with van der Waals surface area (Å²) >= 11 is 0. The Bertz CT molecular complexity index is 6360. The van der Waals surface area contributed by atoms with Crippen LogP contribution in [0.15, 0.2) is 218 Å². The lowest BCUT2D eigenvalue weighted by Crippen LogP contribution is -2.14. The normalized spacial score (nSPS) is 10.2. The summed E-state index contributed by atoms with van der Waals surface area (Å²) in [4.78, 5) is 173. The molecule has 0 saturated heterocycles. The number of rotatable bonds is 22. The summed E-state index contributed by atoms with van der Waals surface area (Å²) in [6.45, 7) is -0.0196. The van der Waals surface area contributed by atoms with Gasteiger partial charge >= 0.3 is 47.8 Å². The van der Waals surface area contributed by atoms with Gasteiger partial charge in [-0.1, -0.05) is 109 Å². The molecule has 12 aromatic carbocycles. The van der Waals surface area contributed by atoms with Crippen molar-refractivity contribution >= 4 is 88.9 Å². The Morgan fingerprint density at radius 1 is 0.190 bits per heavy atom. The molecule has 12 aromatic rings. The lowest BCUT2D eigenvalue weighted by molar-refractivity contribution is -0.121. The highest BCUT2D eigenvalue weighted by Crippen LogP contribution is 2.42. The first-order valence-electron chi connectivity index (χ1n) is 34.6. The lowest BCUT2D eigenvalue weighted by atomic mass is 9.94. The third-order valence-corrected chi connectivity index (χ3v) is 17.1. The average Bonchev–Trinajstić information content (AvgIpc) is 0.789. The van der Waals surface area contributed by atoms with Crippen molar-refractivity contribution in [3.05, 3.63) is 330 Å². The average molecular weight is 1730 g/mol. The van der Waals surface area contributed by atoms with Gasteiger partial charge in [0.15, 0.2) is 63.4 Å². The first-order valence-corrected chi connectivity index (χ1v) is 34.6. The summed E-state index contributed by atoms with van der Waals surface area (Å²) in [6, 6.07) is 43.4. The van der Waals surface area contributed by atoms with Crippen LogP contribution < -0.4 is 4.74 Å². The van der Waals surface area contributed by atoms with Crippen molar-refractivity contribution in [2.75, 3.05) is 0 Å². The van der Waals surface area contributed by atoms with Crippen LogP contribution in [-0.4, -0.2) is 206 Å². The van der Waals surface area contributed by atoms with Crippen LogP contribution >= 0.6 is 0 Å². The molecule has 0 bridgehead atoms. The third kappa shape index (κ3) is 21.8. The fraction of sp³-hybridized carbons (Fsp3) is 0. The minimum atomic E-state index is -1.54. The molecule has 39 heteroatoms. The smallest absolute Gasteiger partial charge is 0.339 e. The number of hydrogen-bond acceptors (Lipinski definition) is 31. The van der Waals surface area contributed by atoms with Crippen LogP contribution in [-0.2, 0) is 4.79 Å². The summed E-state index contributed by atoms with van der Waals surface area (Å²) in [5.41, 5.74) is -6.11. The fourth-order valence-electron chi connectivity index (χ4n) is 11.2. The van der Waals surface area contributed by atoms with E-state index in [0.717, 1.165) is 72.8 Å². The van der Waals surface area contributed by atoms with Crippen LogP contribution in [0.25, 0.3) is 0 Å². The van der Waals surface area contributed by atoms with E-state index in [9.17, 15) is 149 Å². The zero-order valence-electron chi connectivity index (χ0n) is 63.2. The molecule has 0 atom stereocenters. The van der Waals surface area contributed by atoms with Crippen molar-refractivity contribution in [1.82, 2.24) is 0 Å². The number of benzene rings is 12. The van der Waals surface area contributed by atoms with Crippen molar-refractivity contribution in [1.29, 1.82) is 0 Å². The van der Waals surface area contributed by atoms with E-state index in [-0.39, 0.29) is 89.9 Å². The first-order chi connectivity index (χ1) is 59.4. The highest BCUT2D eigenvalue weighted by molar-refractivity contribution is 6.22. The molecular weight excluding hydrogens is 1670 g/mol. The second-order valence-corrected chi connectivity index (χ2v) is 25.0. The van der Waals surface area contributed by atoms with Crippen LogP contribution in [0.1, 0.15) is 178 Å². The Hall–Kier alpha value is -19.1. The molecule has 0 heterocycles. The van der Waals surface area contributed by atoms with E-state index in [0.29, 0.717) is 0 Å². The minimum Gasteiger partial charge on any atom is -0.508 e. The van der Waals surface area contributed by atoms with Gasteiger partial charge in [0, 0.05) is 63.7 Å². The van der Waals surface area contributed by atoms with Crippen molar-refractivity contribution < 1.29 is 194 Å². The van der Waals surface area contributed by atoms with E-state index < -0.39 is 202 Å². The van der Waals surface area contributed by atoms with Gasteiger partial charge in [-0.2, -0.15) is 0 Å². The van der Waals surface area contributed by atoms with Crippen LogP contribution in [0, 0.1) is 0 Å². The zero-order valence-corrected chi connectivity index (χ0v) is 63.2. The van der Waals surface area contributed by atoms with Gasteiger partial charge in [-0.25, -0.2) is 38.4 Å². The van der Waals surface area contributed by atoms with Crippen LogP contribution in [0.2, 0.25) is 0 Å². The molecule has 0 spiro atoms. The van der Waals surface area contributed by atoms with Crippen LogP contribution in [0.3, 0.4) is 0 Å². The monoisotopic (exact) mass is 1730 g/mol. The van der Waals surface area contributed by atoms with Crippen LogP contribution in [0.5, 0.6) is 92.0 Å². The van der Waals surface area contributed by atoms with Gasteiger partial charge in [0.1, 0.15) is 57.1 Å². The summed E-state index contributed by atoms with van der Waals surface area (Å²) < 4.78 is 4.42. The topological polar surface area (TPSA) is 731 Å². The van der Waals surface area contributed by atoms with E-state index in [1.807, 2.05) is 0 Å². The number of phenolic OH excluding ortho intramolecular Hbond substituents is 14. The fourth-order valence-corrected chi connectivity index (χ4v) is 11.2. The Balaban J connectivity index is 0.000000208. The molecule has 0 amide bonds. The number of carboxylic acids is 8. The van der Waals surface area contributed by atoms with E-state index in [2.05, 4.69) is 4.74 Å². The molecule has 0 aliphatic heterocycles. The van der Waals surface area contributed by atoms with Gasteiger partial charge in [-0.05, 0) is 78.9 Å². The van der Waals surface area contributed by atoms with Crippen molar-refractivity contribution in [3.63, 3.8) is 0 Å². The number of ketones is 6. The highest BCUT2D eigenvalue weighted by atomic mass is 16.5. The molecule has 0 aromatic heterocycles. The number of carbonyl (C=O) groups is 15. The Kier molecular flexibility index (Phi) is 30.5. The van der Waals surface area contributed by atoms with Crippen molar-refractivity contribution in [2.45, 2.75) is 0 Å². The van der Waals surface area contributed by atoms with Crippen LogP contribution in [0.4, 0.5) is 0 Å². The van der Waals surface area contributed by atoms with Gasteiger partial charge in [-0.3, -0.25) is 33.6 Å². The highest BCUT2D eigenvalue weighted by Gasteiger charge is 2.31. The summed E-state index contributed by atoms with van der Waals surface area (Å²) in [5, 5.41) is 215. The van der Waals surface area contributed by atoms with Crippen molar-refractivity contribution in [3.8, 4) is 92.0 Å². The number of phenols is 15. The molecule has 0 radical (unpaired) electrons. The van der Waals surface area contributed by atoms with Gasteiger partial charge in [0.25, 0.3) is 6.47 Å². The molecule has 0 aliphatic carbocycles. The zero-order chi connectivity index (χ0) is 93.7. The van der Waals surface area contributed by atoms with Gasteiger partial charge in [0.2, 0.25) is 17.3 Å². The molecule has 12 rings (SSSR count). The largest absolute Gasteiger partial charge is 0.508 e. The number of carbonyl (C=O) groups excluding carboxylic acids is 7. The van der Waals surface area contributed by atoms with Gasteiger partial charge < -0.3 is 122 Å². The number of ether oxygens (including phenoxy) is 1. The Morgan fingerprint density at radius 3 is 0.778 bits per heavy atom.